The molecule has 7 heteroatoms. The molecule has 1 N–H and O–H groups in total. The molecule has 0 fully saturated rings. The SMILES string of the molecule is Cc1cc(OC(F)(F)F)cc2c1OCC(C(=O)O)=C2. The molecule has 19 heavy (non-hydrogen) atoms. The van der Waals surface area contributed by atoms with Gasteiger partial charge in [0.05, 0.1) is 5.57 Å². The molecule has 0 bridgehead atoms. The van der Waals surface area contributed by atoms with Crippen molar-refractivity contribution in [2.24, 2.45) is 0 Å². The number of aryl methyl sites for hydroxylation is 1. The monoisotopic (exact) mass is 274 g/mol. The fourth-order valence-electron chi connectivity index (χ4n) is 1.77. The first-order chi connectivity index (χ1) is 8.76. The lowest BCUT2D eigenvalue weighted by molar-refractivity contribution is -0.274. The second-order valence-corrected chi connectivity index (χ2v) is 3.97. The Bertz CT molecular complexity index is 561. The summed E-state index contributed by atoms with van der Waals surface area (Å²) in [6, 6.07) is 2.28. The third kappa shape index (κ3) is 2.98. The Morgan fingerprint density at radius 1 is 1.42 bits per heavy atom. The van der Waals surface area contributed by atoms with Crippen LogP contribution in [0.2, 0.25) is 0 Å². The topological polar surface area (TPSA) is 55.8 Å². The molecule has 0 radical (unpaired) electrons. The largest absolute Gasteiger partial charge is 0.573 e. The van der Waals surface area contributed by atoms with Gasteiger partial charge in [0.25, 0.3) is 0 Å². The summed E-state index contributed by atoms with van der Waals surface area (Å²) in [5.74, 6) is -1.22. The van der Waals surface area contributed by atoms with E-state index in [2.05, 4.69) is 4.74 Å². The van der Waals surface area contributed by atoms with Crippen molar-refractivity contribution in [3.8, 4) is 11.5 Å². The van der Waals surface area contributed by atoms with E-state index >= 15 is 0 Å². The second kappa shape index (κ2) is 4.49. The molecule has 0 atom stereocenters. The van der Waals surface area contributed by atoms with Crippen molar-refractivity contribution in [3.05, 3.63) is 28.8 Å². The molecule has 0 amide bonds. The van der Waals surface area contributed by atoms with E-state index in [1.807, 2.05) is 0 Å². The van der Waals surface area contributed by atoms with E-state index in [9.17, 15) is 18.0 Å². The lowest BCUT2D eigenvalue weighted by atomic mass is 10.0. The molecular formula is C12H9F3O4. The van der Waals surface area contributed by atoms with Gasteiger partial charge in [0.2, 0.25) is 0 Å². The van der Waals surface area contributed by atoms with E-state index in [0.717, 1.165) is 6.07 Å². The van der Waals surface area contributed by atoms with Crippen LogP contribution in [0.25, 0.3) is 6.08 Å². The summed E-state index contributed by atoms with van der Waals surface area (Å²) >= 11 is 0. The highest BCUT2D eigenvalue weighted by Gasteiger charge is 2.32. The van der Waals surface area contributed by atoms with Crippen LogP contribution in [0.3, 0.4) is 0 Å². The van der Waals surface area contributed by atoms with Crippen LogP contribution in [0.1, 0.15) is 11.1 Å². The molecule has 102 valence electrons. The maximum absolute atomic E-state index is 12.1. The van der Waals surface area contributed by atoms with Crippen molar-refractivity contribution >= 4 is 12.0 Å². The molecule has 0 unspecified atom stereocenters. The van der Waals surface area contributed by atoms with Crippen LogP contribution < -0.4 is 9.47 Å². The average Bonchev–Trinajstić information content (AvgIpc) is 2.25. The number of rotatable bonds is 2. The van der Waals surface area contributed by atoms with Gasteiger partial charge < -0.3 is 14.6 Å². The van der Waals surface area contributed by atoms with Crippen LogP contribution in [0.4, 0.5) is 13.2 Å². The minimum atomic E-state index is -4.80. The number of carboxylic acids is 1. The van der Waals surface area contributed by atoms with Crippen molar-refractivity contribution in [2.75, 3.05) is 6.61 Å². The number of aliphatic carboxylic acids is 1. The highest BCUT2D eigenvalue weighted by Crippen LogP contribution is 2.35. The van der Waals surface area contributed by atoms with E-state index in [1.54, 1.807) is 6.92 Å². The molecule has 0 spiro atoms. The van der Waals surface area contributed by atoms with Crippen LogP contribution in [0.15, 0.2) is 17.7 Å². The van der Waals surface area contributed by atoms with Gasteiger partial charge in [-0.15, -0.1) is 13.2 Å². The summed E-state index contributed by atoms with van der Waals surface area (Å²) in [5.41, 5.74) is 0.663. The fraction of sp³-hybridized carbons (Fsp3) is 0.250. The lowest BCUT2D eigenvalue weighted by Crippen LogP contribution is -2.18. The minimum absolute atomic E-state index is 0.0314. The Hall–Kier alpha value is -2.18. The first kappa shape index (κ1) is 13.3. The maximum atomic E-state index is 12.1. The van der Waals surface area contributed by atoms with Gasteiger partial charge in [-0.05, 0) is 30.7 Å². The molecule has 0 saturated heterocycles. The van der Waals surface area contributed by atoms with Gasteiger partial charge >= 0.3 is 12.3 Å². The zero-order chi connectivity index (χ0) is 14.2. The first-order valence-electron chi connectivity index (χ1n) is 5.23. The van der Waals surface area contributed by atoms with Crippen LogP contribution in [-0.2, 0) is 4.79 Å². The zero-order valence-electron chi connectivity index (χ0n) is 9.75. The lowest BCUT2D eigenvalue weighted by Gasteiger charge is -2.19. The van der Waals surface area contributed by atoms with Gasteiger partial charge in [-0.25, -0.2) is 4.79 Å². The van der Waals surface area contributed by atoms with Crippen LogP contribution >= 0.6 is 0 Å². The quantitative estimate of drug-likeness (QED) is 0.901. The molecule has 1 aromatic rings. The summed E-state index contributed by atoms with van der Waals surface area (Å²) < 4.78 is 45.5. The molecule has 0 aromatic heterocycles. The number of alkyl halides is 3. The Morgan fingerprint density at radius 2 is 2.11 bits per heavy atom. The summed E-state index contributed by atoms with van der Waals surface area (Å²) in [6.45, 7) is 1.43. The predicted molar refractivity (Wildman–Crippen MR) is 59.0 cm³/mol. The van der Waals surface area contributed by atoms with Gasteiger partial charge in [0, 0.05) is 5.56 Å². The molecule has 0 aliphatic carbocycles. The molecule has 4 nitrogen and oxygen atoms in total. The standard InChI is InChI=1S/C12H9F3O4/c1-6-2-9(19-12(13,14)15)4-7-3-8(11(16)17)5-18-10(6)7/h2-4H,5H2,1H3,(H,16,17). The third-order valence-corrected chi connectivity index (χ3v) is 2.49. The number of benzene rings is 1. The van der Waals surface area contributed by atoms with Gasteiger partial charge in [0.15, 0.2) is 0 Å². The van der Waals surface area contributed by atoms with E-state index in [-0.39, 0.29) is 17.7 Å². The normalized spacial score (nSPS) is 14.2. The Labute approximate surface area is 106 Å². The number of hydrogen-bond donors (Lipinski definition) is 1. The zero-order valence-corrected chi connectivity index (χ0v) is 9.75. The second-order valence-electron chi connectivity index (χ2n) is 3.97. The molecule has 1 aromatic carbocycles. The molecule has 0 saturated carbocycles. The summed E-state index contributed by atoms with van der Waals surface area (Å²) in [7, 11) is 0. The summed E-state index contributed by atoms with van der Waals surface area (Å²) in [6.07, 6.45) is -3.52. The van der Waals surface area contributed by atoms with Crippen molar-refractivity contribution in [2.45, 2.75) is 13.3 Å². The van der Waals surface area contributed by atoms with Crippen LogP contribution in [-0.4, -0.2) is 24.0 Å². The number of carboxylic acid groups (broad SMARTS) is 1. The van der Waals surface area contributed by atoms with Crippen molar-refractivity contribution in [1.82, 2.24) is 0 Å². The fourth-order valence-corrected chi connectivity index (χ4v) is 1.77. The Balaban J connectivity index is 2.43. The van der Waals surface area contributed by atoms with Gasteiger partial charge in [-0.3, -0.25) is 0 Å². The predicted octanol–water partition coefficient (Wildman–Crippen LogP) is 2.75. The number of carbonyl (C=O) groups is 1. The number of hydrogen-bond acceptors (Lipinski definition) is 3. The minimum Gasteiger partial charge on any atom is -0.488 e. The van der Waals surface area contributed by atoms with Crippen molar-refractivity contribution in [3.63, 3.8) is 0 Å². The number of ether oxygens (including phenoxy) is 2. The highest BCUT2D eigenvalue weighted by molar-refractivity contribution is 5.94. The van der Waals surface area contributed by atoms with Gasteiger partial charge in [-0.1, -0.05) is 0 Å². The van der Waals surface area contributed by atoms with Gasteiger partial charge in [0.1, 0.15) is 18.1 Å². The molecular weight excluding hydrogens is 265 g/mol. The van der Waals surface area contributed by atoms with E-state index in [0.29, 0.717) is 11.3 Å². The van der Waals surface area contributed by atoms with Gasteiger partial charge in [-0.2, -0.15) is 0 Å². The van der Waals surface area contributed by atoms with Crippen LogP contribution in [0.5, 0.6) is 11.5 Å². The number of halogens is 3. The highest BCUT2D eigenvalue weighted by atomic mass is 19.4. The summed E-state index contributed by atoms with van der Waals surface area (Å²) in [4.78, 5) is 10.8. The first-order valence-corrected chi connectivity index (χ1v) is 5.23. The van der Waals surface area contributed by atoms with E-state index in [1.165, 1.54) is 12.1 Å². The van der Waals surface area contributed by atoms with Crippen LogP contribution in [0, 0.1) is 6.92 Å². The average molecular weight is 274 g/mol. The van der Waals surface area contributed by atoms with Crippen molar-refractivity contribution in [1.29, 1.82) is 0 Å². The third-order valence-electron chi connectivity index (χ3n) is 2.49. The molecule has 1 heterocycles. The van der Waals surface area contributed by atoms with E-state index in [4.69, 9.17) is 9.84 Å². The summed E-state index contributed by atoms with van der Waals surface area (Å²) in [5, 5.41) is 8.83. The Morgan fingerprint density at radius 3 is 2.68 bits per heavy atom. The van der Waals surface area contributed by atoms with E-state index < -0.39 is 18.1 Å². The number of fused-ring (bicyclic) bond motifs is 1. The molecule has 1 aliphatic rings. The maximum Gasteiger partial charge on any atom is 0.573 e. The Kier molecular flexibility index (Phi) is 3.13. The smallest absolute Gasteiger partial charge is 0.488 e. The molecule has 1 aliphatic heterocycles. The molecule has 2 rings (SSSR count). The van der Waals surface area contributed by atoms with Crippen molar-refractivity contribution < 1.29 is 32.5 Å².